The van der Waals surface area contributed by atoms with Gasteiger partial charge in [0.1, 0.15) is 6.04 Å². The minimum atomic E-state index is -0.958. The molecule has 0 aliphatic carbocycles. The van der Waals surface area contributed by atoms with Crippen molar-refractivity contribution in [3.05, 3.63) is 0 Å². The smallest absolute Gasteiger partial charge is 0.326 e. The van der Waals surface area contributed by atoms with E-state index < -0.39 is 12.0 Å². The molecule has 1 aliphatic rings. The molecule has 2 N–H and O–H groups in total. The van der Waals surface area contributed by atoms with Crippen molar-refractivity contribution in [2.24, 2.45) is 0 Å². The Balaban J connectivity index is 2.08. The molecule has 1 saturated heterocycles. The van der Waals surface area contributed by atoms with Gasteiger partial charge in [-0.15, -0.1) is 0 Å². The van der Waals surface area contributed by atoms with Crippen LogP contribution in [0, 0.1) is 0 Å². The third-order valence-electron chi connectivity index (χ3n) is 3.37. The zero-order chi connectivity index (χ0) is 15.0. The predicted molar refractivity (Wildman–Crippen MR) is 81.1 cm³/mol. The molecule has 7 heteroatoms. The summed E-state index contributed by atoms with van der Waals surface area (Å²) >= 11 is 1.75. The Morgan fingerprint density at radius 1 is 1.25 bits per heavy atom. The van der Waals surface area contributed by atoms with Gasteiger partial charge in [0.25, 0.3) is 0 Å². The average molecular weight is 303 g/mol. The molecular weight excluding hydrogens is 278 g/mol. The van der Waals surface area contributed by atoms with Gasteiger partial charge in [0, 0.05) is 45.4 Å². The summed E-state index contributed by atoms with van der Waals surface area (Å²) < 4.78 is 0. The lowest BCUT2D eigenvalue weighted by atomic mass is 10.2. The van der Waals surface area contributed by atoms with Gasteiger partial charge in [0.15, 0.2) is 0 Å². The number of hydrogen-bond acceptors (Lipinski definition) is 5. The van der Waals surface area contributed by atoms with Crippen molar-refractivity contribution < 1.29 is 14.7 Å². The van der Waals surface area contributed by atoms with Crippen LogP contribution in [0.3, 0.4) is 0 Å². The second-order valence-corrected chi connectivity index (χ2v) is 6.36. The minimum absolute atomic E-state index is 0.292. The fraction of sp³-hybridized carbons (Fsp3) is 0.846. The number of carboxylic acids is 1. The number of rotatable bonds is 8. The second-order valence-electron chi connectivity index (χ2n) is 5.14. The number of carbonyl (C=O) groups is 2. The van der Waals surface area contributed by atoms with E-state index in [1.165, 1.54) is 6.92 Å². The van der Waals surface area contributed by atoms with Crippen LogP contribution < -0.4 is 5.32 Å². The molecule has 1 aliphatic heterocycles. The Morgan fingerprint density at radius 2 is 1.90 bits per heavy atom. The van der Waals surface area contributed by atoms with E-state index in [1.807, 2.05) is 0 Å². The molecule has 1 atom stereocenters. The SMILES string of the molecule is CC(=O)NC(CCSCCN1CCN(C)CC1)C(=O)O. The van der Waals surface area contributed by atoms with Gasteiger partial charge in [-0.25, -0.2) is 4.79 Å². The van der Waals surface area contributed by atoms with E-state index in [2.05, 4.69) is 22.2 Å². The highest BCUT2D eigenvalue weighted by atomic mass is 32.2. The van der Waals surface area contributed by atoms with Gasteiger partial charge < -0.3 is 15.3 Å². The van der Waals surface area contributed by atoms with Gasteiger partial charge in [-0.2, -0.15) is 11.8 Å². The summed E-state index contributed by atoms with van der Waals surface area (Å²) in [5, 5.41) is 11.4. The van der Waals surface area contributed by atoms with Crippen LogP contribution in [0.2, 0.25) is 0 Å². The molecule has 116 valence electrons. The molecule has 1 fully saturated rings. The fourth-order valence-corrected chi connectivity index (χ4v) is 3.06. The van der Waals surface area contributed by atoms with Crippen LogP contribution in [-0.4, -0.2) is 84.1 Å². The molecule has 6 nitrogen and oxygen atoms in total. The van der Waals surface area contributed by atoms with Crippen LogP contribution in [0.4, 0.5) is 0 Å². The summed E-state index contributed by atoms with van der Waals surface area (Å²) in [7, 11) is 2.14. The summed E-state index contributed by atoms with van der Waals surface area (Å²) in [6.07, 6.45) is 0.475. The lowest BCUT2D eigenvalue weighted by Gasteiger charge is -2.32. The summed E-state index contributed by atoms with van der Waals surface area (Å²) in [6.45, 7) is 6.86. The minimum Gasteiger partial charge on any atom is -0.480 e. The molecule has 1 rings (SSSR count). The maximum absolute atomic E-state index is 10.9. The highest BCUT2D eigenvalue weighted by molar-refractivity contribution is 7.99. The highest BCUT2D eigenvalue weighted by Crippen LogP contribution is 2.07. The van der Waals surface area contributed by atoms with E-state index in [0.717, 1.165) is 44.2 Å². The molecule has 0 aromatic carbocycles. The first-order valence-electron chi connectivity index (χ1n) is 6.97. The van der Waals surface area contributed by atoms with Gasteiger partial charge in [0.05, 0.1) is 0 Å². The van der Waals surface area contributed by atoms with E-state index in [0.29, 0.717) is 6.42 Å². The van der Waals surface area contributed by atoms with Crippen LogP contribution in [0.25, 0.3) is 0 Å². The number of amides is 1. The number of hydrogen-bond donors (Lipinski definition) is 2. The van der Waals surface area contributed by atoms with Gasteiger partial charge in [-0.3, -0.25) is 9.69 Å². The Bertz CT molecular complexity index is 320. The van der Waals surface area contributed by atoms with Crippen molar-refractivity contribution >= 4 is 23.6 Å². The lowest BCUT2D eigenvalue weighted by molar-refractivity contribution is -0.141. The molecular formula is C13H25N3O3S. The largest absolute Gasteiger partial charge is 0.480 e. The quantitative estimate of drug-likeness (QED) is 0.612. The van der Waals surface area contributed by atoms with Gasteiger partial charge in [0.2, 0.25) is 5.91 Å². The van der Waals surface area contributed by atoms with Crippen LogP contribution in [0.15, 0.2) is 0 Å². The first-order chi connectivity index (χ1) is 9.49. The fourth-order valence-electron chi connectivity index (χ4n) is 2.07. The predicted octanol–water partition coefficient (Wildman–Crippen LogP) is -0.0536. The zero-order valence-electron chi connectivity index (χ0n) is 12.3. The third kappa shape index (κ3) is 7.12. The Kier molecular flexibility index (Phi) is 7.94. The molecule has 1 amide bonds. The molecule has 0 aromatic heterocycles. The number of thioether (sulfide) groups is 1. The summed E-state index contributed by atoms with van der Waals surface area (Å²) in [4.78, 5) is 26.6. The van der Waals surface area contributed by atoms with E-state index in [-0.39, 0.29) is 5.91 Å². The van der Waals surface area contributed by atoms with Crippen molar-refractivity contribution in [2.75, 3.05) is 51.3 Å². The third-order valence-corrected chi connectivity index (χ3v) is 4.37. The maximum atomic E-state index is 10.9. The molecule has 0 spiro atoms. The summed E-state index contributed by atoms with van der Waals surface area (Å²) in [6, 6.07) is -0.761. The Labute approximate surface area is 124 Å². The Hall–Kier alpha value is -0.790. The number of likely N-dealkylation sites (N-methyl/N-ethyl adjacent to an activating group) is 1. The first kappa shape index (κ1) is 17.3. The topological polar surface area (TPSA) is 72.9 Å². The summed E-state index contributed by atoms with van der Waals surface area (Å²) in [5.74, 6) is 0.515. The molecule has 1 unspecified atom stereocenters. The molecule has 0 radical (unpaired) electrons. The zero-order valence-corrected chi connectivity index (χ0v) is 13.1. The van der Waals surface area contributed by atoms with Crippen LogP contribution in [0.1, 0.15) is 13.3 Å². The van der Waals surface area contributed by atoms with Gasteiger partial charge >= 0.3 is 5.97 Å². The number of carbonyl (C=O) groups excluding carboxylic acids is 1. The monoisotopic (exact) mass is 303 g/mol. The highest BCUT2D eigenvalue weighted by Gasteiger charge is 2.18. The van der Waals surface area contributed by atoms with Crippen molar-refractivity contribution in [1.82, 2.24) is 15.1 Å². The first-order valence-corrected chi connectivity index (χ1v) is 8.13. The van der Waals surface area contributed by atoms with Crippen molar-refractivity contribution in [3.8, 4) is 0 Å². The standard InChI is InChI=1S/C13H25N3O3S/c1-11(17)14-12(13(18)19)3-9-20-10-8-16-6-4-15(2)5-7-16/h12H,3-10H2,1-2H3,(H,14,17)(H,18,19). The van der Waals surface area contributed by atoms with Crippen molar-refractivity contribution in [2.45, 2.75) is 19.4 Å². The second kappa shape index (κ2) is 9.20. The molecule has 20 heavy (non-hydrogen) atoms. The number of nitrogens with zero attached hydrogens (tertiary/aromatic N) is 2. The Morgan fingerprint density at radius 3 is 2.45 bits per heavy atom. The van der Waals surface area contributed by atoms with Crippen LogP contribution in [-0.2, 0) is 9.59 Å². The molecule has 1 heterocycles. The van der Waals surface area contributed by atoms with Crippen molar-refractivity contribution in [1.29, 1.82) is 0 Å². The average Bonchev–Trinajstić information content (AvgIpc) is 2.38. The van der Waals surface area contributed by atoms with E-state index in [1.54, 1.807) is 11.8 Å². The normalized spacial score (nSPS) is 18.7. The van der Waals surface area contributed by atoms with E-state index in [4.69, 9.17) is 5.11 Å². The molecule has 0 bridgehead atoms. The summed E-state index contributed by atoms with van der Waals surface area (Å²) in [5.41, 5.74) is 0. The van der Waals surface area contributed by atoms with E-state index in [9.17, 15) is 9.59 Å². The maximum Gasteiger partial charge on any atom is 0.326 e. The molecule has 0 saturated carbocycles. The van der Waals surface area contributed by atoms with Gasteiger partial charge in [-0.05, 0) is 19.2 Å². The lowest BCUT2D eigenvalue weighted by Crippen LogP contribution is -2.45. The van der Waals surface area contributed by atoms with E-state index >= 15 is 0 Å². The van der Waals surface area contributed by atoms with Crippen LogP contribution in [0.5, 0.6) is 0 Å². The number of carboxylic acid groups (broad SMARTS) is 1. The number of aliphatic carboxylic acids is 1. The van der Waals surface area contributed by atoms with Crippen molar-refractivity contribution in [3.63, 3.8) is 0 Å². The van der Waals surface area contributed by atoms with Gasteiger partial charge in [-0.1, -0.05) is 0 Å². The van der Waals surface area contributed by atoms with Crippen LogP contribution >= 0.6 is 11.8 Å². The molecule has 0 aromatic rings. The number of piperazine rings is 1. The number of nitrogens with one attached hydrogen (secondary N) is 1.